The van der Waals surface area contributed by atoms with Crippen molar-refractivity contribution in [2.45, 2.75) is 10.2 Å². The summed E-state index contributed by atoms with van der Waals surface area (Å²) in [6, 6.07) is 0. The minimum atomic E-state index is 0.771. The molecule has 32 valence electrons. The maximum atomic E-state index is 2.37. The molecule has 1 unspecified atom stereocenters. The first-order valence-electron chi connectivity index (χ1n) is 1.44. The third-order valence-corrected chi connectivity index (χ3v) is 2.50. The van der Waals surface area contributed by atoms with Crippen LogP contribution in [-0.4, -0.2) is 9.51 Å². The molecule has 0 saturated carbocycles. The van der Waals surface area contributed by atoms with Crippen molar-refractivity contribution in [2.75, 3.05) is 6.26 Å². The molecule has 0 aliphatic carbocycles. The topological polar surface area (TPSA) is 0 Å². The van der Waals surface area contributed by atoms with Crippen LogP contribution < -0.4 is 0 Å². The van der Waals surface area contributed by atoms with Gasteiger partial charge in [0.05, 0.1) is 3.26 Å². The standard InChI is InChI=1S/C3H7IS/c1-3(4)5-2/h3H,1-2H3. The summed E-state index contributed by atoms with van der Waals surface area (Å²) in [6.45, 7) is 2.17. The van der Waals surface area contributed by atoms with Crippen LogP contribution in [0.25, 0.3) is 0 Å². The molecule has 0 nitrogen and oxygen atoms in total. The van der Waals surface area contributed by atoms with Crippen molar-refractivity contribution in [3.8, 4) is 0 Å². The van der Waals surface area contributed by atoms with Crippen molar-refractivity contribution in [3.63, 3.8) is 0 Å². The fraction of sp³-hybridized carbons (Fsp3) is 1.00. The SMILES string of the molecule is CSC(C)I. The molecule has 5 heavy (non-hydrogen) atoms. The van der Waals surface area contributed by atoms with E-state index in [-0.39, 0.29) is 0 Å². The number of rotatable bonds is 1. The first-order chi connectivity index (χ1) is 2.27. The zero-order chi connectivity index (χ0) is 4.28. The number of halogens is 1. The largest absolute Gasteiger partial charge is 0.152 e. The Balaban J connectivity index is 2.54. The highest BCUT2D eigenvalue weighted by Gasteiger charge is 1.82. The van der Waals surface area contributed by atoms with E-state index in [9.17, 15) is 0 Å². The minimum absolute atomic E-state index is 0.771. The highest BCUT2D eigenvalue weighted by Crippen LogP contribution is 2.11. The van der Waals surface area contributed by atoms with E-state index in [4.69, 9.17) is 0 Å². The molecule has 0 bridgehead atoms. The maximum absolute atomic E-state index is 2.37. The molecule has 0 aromatic carbocycles. The van der Waals surface area contributed by atoms with Crippen LogP contribution in [0.5, 0.6) is 0 Å². The average Bonchev–Trinajstić information content (AvgIpc) is 1.38. The van der Waals surface area contributed by atoms with E-state index >= 15 is 0 Å². The first kappa shape index (κ1) is 6.08. The normalized spacial score (nSPS) is 15.0. The maximum Gasteiger partial charge on any atom is 0.0533 e. The summed E-state index contributed by atoms with van der Waals surface area (Å²) in [6.07, 6.45) is 2.11. The van der Waals surface area contributed by atoms with E-state index in [2.05, 4.69) is 35.8 Å². The van der Waals surface area contributed by atoms with Crippen molar-refractivity contribution >= 4 is 34.4 Å². The van der Waals surface area contributed by atoms with Crippen LogP contribution in [-0.2, 0) is 0 Å². The summed E-state index contributed by atoms with van der Waals surface area (Å²) in [4.78, 5) is 0. The van der Waals surface area contributed by atoms with E-state index in [1.54, 1.807) is 0 Å². The summed E-state index contributed by atoms with van der Waals surface area (Å²) < 4.78 is 0.771. The highest BCUT2D eigenvalue weighted by atomic mass is 127. The number of alkyl halides is 1. The lowest BCUT2D eigenvalue weighted by Gasteiger charge is -1.88. The fourth-order valence-electron chi connectivity index (χ4n) is 0. The molecule has 1 atom stereocenters. The molecular formula is C3H7IS. The fourth-order valence-corrected chi connectivity index (χ4v) is 0. The minimum Gasteiger partial charge on any atom is -0.152 e. The van der Waals surface area contributed by atoms with Gasteiger partial charge in [-0.05, 0) is 13.2 Å². The molecule has 0 aliphatic heterocycles. The van der Waals surface area contributed by atoms with Crippen LogP contribution in [0.2, 0.25) is 0 Å². The predicted octanol–water partition coefficient (Wildman–Crippen LogP) is 2.13. The molecule has 0 saturated heterocycles. The summed E-state index contributed by atoms with van der Waals surface area (Å²) >= 11 is 4.24. The van der Waals surface area contributed by atoms with Crippen LogP contribution in [0.3, 0.4) is 0 Å². The third kappa shape index (κ3) is 5.08. The molecule has 0 aromatic heterocycles. The van der Waals surface area contributed by atoms with E-state index < -0.39 is 0 Å². The van der Waals surface area contributed by atoms with Gasteiger partial charge in [0.1, 0.15) is 0 Å². The van der Waals surface area contributed by atoms with Crippen LogP contribution >= 0.6 is 34.4 Å². The van der Waals surface area contributed by atoms with E-state index in [0.717, 1.165) is 3.26 Å². The lowest BCUT2D eigenvalue weighted by atomic mass is 11.0. The Morgan fingerprint density at radius 2 is 2.00 bits per heavy atom. The second-order valence-electron chi connectivity index (χ2n) is 0.779. The number of hydrogen-bond acceptors (Lipinski definition) is 1. The molecule has 0 rings (SSSR count). The van der Waals surface area contributed by atoms with Gasteiger partial charge in [0.2, 0.25) is 0 Å². The van der Waals surface area contributed by atoms with E-state index in [0.29, 0.717) is 0 Å². The molecular weight excluding hydrogens is 195 g/mol. The van der Waals surface area contributed by atoms with Gasteiger partial charge in [-0.3, -0.25) is 0 Å². The van der Waals surface area contributed by atoms with Crippen molar-refractivity contribution in [1.82, 2.24) is 0 Å². The van der Waals surface area contributed by atoms with E-state index in [1.807, 2.05) is 11.8 Å². The highest BCUT2D eigenvalue weighted by molar-refractivity contribution is 14.1. The zero-order valence-corrected chi connectivity index (χ0v) is 6.34. The second kappa shape index (κ2) is 3.28. The van der Waals surface area contributed by atoms with Gasteiger partial charge in [0, 0.05) is 0 Å². The Morgan fingerprint density at radius 3 is 2.00 bits per heavy atom. The van der Waals surface area contributed by atoms with Gasteiger partial charge < -0.3 is 0 Å². The lowest BCUT2D eigenvalue weighted by Crippen LogP contribution is -1.71. The molecule has 0 amide bonds. The molecule has 0 radical (unpaired) electrons. The Bertz CT molecular complexity index is 20.9. The monoisotopic (exact) mass is 202 g/mol. The molecule has 0 aromatic rings. The molecule has 2 heteroatoms. The number of hydrogen-bond donors (Lipinski definition) is 0. The average molecular weight is 202 g/mol. The smallest absolute Gasteiger partial charge is 0.0533 e. The van der Waals surface area contributed by atoms with Crippen molar-refractivity contribution in [3.05, 3.63) is 0 Å². The molecule has 0 heterocycles. The van der Waals surface area contributed by atoms with Gasteiger partial charge >= 0.3 is 0 Å². The van der Waals surface area contributed by atoms with Gasteiger partial charge in [0.25, 0.3) is 0 Å². The summed E-state index contributed by atoms with van der Waals surface area (Å²) in [7, 11) is 0. The van der Waals surface area contributed by atoms with Crippen molar-refractivity contribution in [1.29, 1.82) is 0 Å². The second-order valence-corrected chi connectivity index (χ2v) is 4.67. The Labute approximate surface area is 50.9 Å². The summed E-state index contributed by atoms with van der Waals surface area (Å²) in [5.41, 5.74) is 0. The van der Waals surface area contributed by atoms with Crippen LogP contribution in [0.15, 0.2) is 0 Å². The zero-order valence-electron chi connectivity index (χ0n) is 3.36. The number of thioether (sulfide) groups is 1. The van der Waals surface area contributed by atoms with Crippen LogP contribution in [0.1, 0.15) is 6.92 Å². The van der Waals surface area contributed by atoms with Gasteiger partial charge in [-0.15, -0.1) is 0 Å². The molecule has 0 N–H and O–H groups in total. The Morgan fingerprint density at radius 1 is 1.80 bits per heavy atom. The Kier molecular flexibility index (Phi) is 3.98. The van der Waals surface area contributed by atoms with E-state index in [1.165, 1.54) is 0 Å². The third-order valence-electron chi connectivity index (χ3n) is 0.325. The first-order valence-corrected chi connectivity index (χ1v) is 3.97. The predicted molar refractivity (Wildman–Crippen MR) is 37.0 cm³/mol. The molecule has 0 spiro atoms. The van der Waals surface area contributed by atoms with Crippen LogP contribution in [0.4, 0.5) is 0 Å². The quantitative estimate of drug-likeness (QED) is 0.463. The van der Waals surface area contributed by atoms with Gasteiger partial charge in [-0.1, -0.05) is 22.6 Å². The Hall–Kier alpha value is 1.08. The van der Waals surface area contributed by atoms with Crippen LogP contribution in [0, 0.1) is 0 Å². The summed E-state index contributed by atoms with van der Waals surface area (Å²) in [5, 5.41) is 0. The van der Waals surface area contributed by atoms with Crippen molar-refractivity contribution in [2.24, 2.45) is 0 Å². The van der Waals surface area contributed by atoms with Gasteiger partial charge in [-0.2, -0.15) is 11.8 Å². The molecule has 0 aliphatic rings. The summed E-state index contributed by atoms with van der Waals surface area (Å²) in [5.74, 6) is 0. The lowest BCUT2D eigenvalue weighted by molar-refractivity contribution is 1.48. The van der Waals surface area contributed by atoms with Crippen molar-refractivity contribution < 1.29 is 0 Å². The van der Waals surface area contributed by atoms with Gasteiger partial charge in [0.15, 0.2) is 0 Å². The molecule has 0 fully saturated rings. The van der Waals surface area contributed by atoms with Gasteiger partial charge in [-0.25, -0.2) is 0 Å².